The molecule has 0 aromatic heterocycles. The molecule has 1 rings (SSSR count). The molecule has 1 heterocycles. The number of nitrogens with zero attached hydrogens (tertiary/aromatic N) is 2. The Kier molecular flexibility index (Phi) is 14.6. The molecule has 8 heavy (non-hydrogen) atoms. The molecule has 1 fully saturated rings. The van der Waals surface area contributed by atoms with E-state index in [0.29, 0.717) is 0 Å². The summed E-state index contributed by atoms with van der Waals surface area (Å²) in [5.41, 5.74) is 0. The molecule has 1 saturated heterocycles. The molecule has 0 aromatic rings. The summed E-state index contributed by atoms with van der Waals surface area (Å²) < 4.78 is 0. The van der Waals surface area contributed by atoms with Gasteiger partial charge in [-0.15, -0.1) is 0 Å². The van der Waals surface area contributed by atoms with Crippen LogP contribution in [0.2, 0.25) is 0 Å². The van der Waals surface area contributed by atoms with Crippen LogP contribution in [0.25, 0.3) is 10.6 Å². The summed E-state index contributed by atoms with van der Waals surface area (Å²) >= 11 is 0. The Morgan fingerprint density at radius 3 is 1.00 bits per heavy atom. The van der Waals surface area contributed by atoms with E-state index in [4.69, 9.17) is 0 Å². The van der Waals surface area contributed by atoms with E-state index >= 15 is 0 Å². The van der Waals surface area contributed by atoms with Gasteiger partial charge in [0.1, 0.15) is 0 Å². The van der Waals surface area contributed by atoms with Crippen LogP contribution in [0.3, 0.4) is 0 Å². The van der Waals surface area contributed by atoms with Crippen LogP contribution in [0.1, 0.15) is 0 Å². The third-order valence-electron chi connectivity index (χ3n) is 0.832. The molecular weight excluding hydrogens is 254 g/mol. The molecular formula is C4H8N2Y2-2. The quantitative estimate of drug-likeness (QED) is 0.616. The Balaban J connectivity index is 0. The molecule has 4 heteroatoms. The van der Waals surface area contributed by atoms with Crippen LogP contribution < -0.4 is 0 Å². The zero-order valence-electron chi connectivity index (χ0n) is 4.88. The van der Waals surface area contributed by atoms with Crippen LogP contribution >= 0.6 is 0 Å². The van der Waals surface area contributed by atoms with Crippen molar-refractivity contribution in [3.63, 3.8) is 0 Å². The maximum absolute atomic E-state index is 4.08. The van der Waals surface area contributed by atoms with Gasteiger partial charge in [0.25, 0.3) is 0 Å². The maximum atomic E-state index is 4.08. The van der Waals surface area contributed by atoms with Crippen LogP contribution in [-0.2, 0) is 65.4 Å². The largest absolute Gasteiger partial charge is 0.665 e. The van der Waals surface area contributed by atoms with Crippen molar-refractivity contribution in [2.24, 2.45) is 0 Å². The van der Waals surface area contributed by atoms with Gasteiger partial charge in [0, 0.05) is 65.4 Å². The molecule has 0 unspecified atom stereocenters. The second-order valence-electron chi connectivity index (χ2n) is 1.34. The van der Waals surface area contributed by atoms with Crippen molar-refractivity contribution in [1.29, 1.82) is 0 Å². The summed E-state index contributed by atoms with van der Waals surface area (Å²) in [6, 6.07) is 0. The molecule has 0 amide bonds. The molecule has 0 N–H and O–H groups in total. The van der Waals surface area contributed by atoms with Crippen molar-refractivity contribution < 1.29 is 65.4 Å². The standard InChI is InChI=1S/C4H8N2.2Y/c1-2-6-4-3-5-1;;/h1-4H2;;/q-2;;. The monoisotopic (exact) mass is 262 g/mol. The summed E-state index contributed by atoms with van der Waals surface area (Å²) in [5.74, 6) is 0. The molecule has 0 aliphatic carbocycles. The molecule has 1 aliphatic heterocycles. The van der Waals surface area contributed by atoms with Gasteiger partial charge in [-0.3, -0.25) is 0 Å². The fourth-order valence-corrected chi connectivity index (χ4v) is 0.506. The summed E-state index contributed by atoms with van der Waals surface area (Å²) in [5, 5.41) is 8.17. The van der Waals surface area contributed by atoms with Gasteiger partial charge in [0.2, 0.25) is 0 Å². The minimum absolute atomic E-state index is 0. The van der Waals surface area contributed by atoms with Crippen molar-refractivity contribution in [3.05, 3.63) is 10.6 Å². The third-order valence-corrected chi connectivity index (χ3v) is 0.832. The van der Waals surface area contributed by atoms with Gasteiger partial charge in [0.05, 0.1) is 0 Å². The predicted octanol–water partition coefficient (Wildman–Crippen LogP) is 0.742. The van der Waals surface area contributed by atoms with Gasteiger partial charge < -0.3 is 10.6 Å². The van der Waals surface area contributed by atoms with Crippen molar-refractivity contribution >= 4 is 0 Å². The molecule has 0 spiro atoms. The summed E-state index contributed by atoms with van der Waals surface area (Å²) in [4.78, 5) is 0. The van der Waals surface area contributed by atoms with Gasteiger partial charge in [-0.25, -0.2) is 0 Å². The zero-order valence-corrected chi connectivity index (χ0v) is 10.6. The van der Waals surface area contributed by atoms with Crippen LogP contribution in [0.15, 0.2) is 0 Å². The van der Waals surface area contributed by atoms with Gasteiger partial charge in [-0.05, 0) is 0 Å². The zero-order chi connectivity index (χ0) is 4.24. The molecule has 0 aromatic carbocycles. The van der Waals surface area contributed by atoms with E-state index < -0.39 is 0 Å². The van der Waals surface area contributed by atoms with Crippen LogP contribution in [0.4, 0.5) is 0 Å². The molecule has 0 atom stereocenters. The van der Waals surface area contributed by atoms with Crippen LogP contribution in [-0.4, -0.2) is 26.2 Å². The van der Waals surface area contributed by atoms with Crippen molar-refractivity contribution in [1.82, 2.24) is 0 Å². The molecule has 2 nitrogen and oxygen atoms in total. The second kappa shape index (κ2) is 9.13. The number of piperazine rings is 1. The first kappa shape index (κ1) is 12.8. The Hall–Kier alpha value is 2.13. The number of rotatable bonds is 0. The summed E-state index contributed by atoms with van der Waals surface area (Å²) in [6.45, 7) is 3.83. The van der Waals surface area contributed by atoms with E-state index in [9.17, 15) is 0 Å². The maximum Gasteiger partial charge on any atom is 0 e. The molecule has 0 bridgehead atoms. The van der Waals surface area contributed by atoms with Crippen LogP contribution in [0.5, 0.6) is 0 Å². The van der Waals surface area contributed by atoms with E-state index in [1.165, 1.54) is 0 Å². The Morgan fingerprint density at radius 1 is 0.625 bits per heavy atom. The van der Waals surface area contributed by atoms with Gasteiger partial charge >= 0.3 is 0 Å². The topological polar surface area (TPSA) is 28.2 Å². The summed E-state index contributed by atoms with van der Waals surface area (Å²) in [6.07, 6.45) is 0. The van der Waals surface area contributed by atoms with E-state index in [2.05, 4.69) is 10.6 Å². The number of hydrogen-bond donors (Lipinski definition) is 0. The summed E-state index contributed by atoms with van der Waals surface area (Å²) in [7, 11) is 0. The van der Waals surface area contributed by atoms with Gasteiger partial charge in [-0.2, -0.15) is 26.2 Å². The van der Waals surface area contributed by atoms with E-state index in [1.807, 2.05) is 0 Å². The molecule has 1 aliphatic rings. The molecule has 2 radical (unpaired) electrons. The third kappa shape index (κ3) is 6.25. The minimum Gasteiger partial charge on any atom is -0.665 e. The Labute approximate surface area is 101 Å². The average molecular weight is 262 g/mol. The smallest absolute Gasteiger partial charge is 0 e. The Bertz CT molecular complexity index is 27.5. The van der Waals surface area contributed by atoms with Gasteiger partial charge in [-0.1, -0.05) is 0 Å². The van der Waals surface area contributed by atoms with Crippen molar-refractivity contribution in [2.75, 3.05) is 26.2 Å². The van der Waals surface area contributed by atoms with E-state index in [0.717, 1.165) is 26.2 Å². The predicted molar refractivity (Wildman–Crippen MR) is 26.2 cm³/mol. The first-order chi connectivity index (χ1) is 3.00. The van der Waals surface area contributed by atoms with Crippen molar-refractivity contribution in [3.8, 4) is 0 Å². The fourth-order valence-electron chi connectivity index (χ4n) is 0.506. The fraction of sp³-hybridized carbons (Fsp3) is 1.00. The Morgan fingerprint density at radius 2 is 0.875 bits per heavy atom. The normalized spacial score (nSPS) is 18.0. The van der Waals surface area contributed by atoms with Crippen molar-refractivity contribution in [2.45, 2.75) is 0 Å². The van der Waals surface area contributed by atoms with Crippen LogP contribution in [0, 0.1) is 0 Å². The molecule has 42 valence electrons. The second-order valence-corrected chi connectivity index (χ2v) is 1.34. The first-order valence-corrected chi connectivity index (χ1v) is 2.26. The van der Waals surface area contributed by atoms with Gasteiger partial charge in [0.15, 0.2) is 0 Å². The first-order valence-electron chi connectivity index (χ1n) is 2.26. The minimum atomic E-state index is 0. The van der Waals surface area contributed by atoms with E-state index in [1.54, 1.807) is 0 Å². The SMILES string of the molecule is C1C[N-]CC[N-]1.[Y].[Y]. The molecule has 0 saturated carbocycles. The van der Waals surface area contributed by atoms with E-state index in [-0.39, 0.29) is 65.4 Å². The average Bonchev–Trinajstić information content (AvgIpc) is 1.72. The number of hydrogen-bond acceptors (Lipinski definition) is 0.